The number of nitrogens with one attached hydrogen (secondary N) is 1. The van der Waals surface area contributed by atoms with Crippen LogP contribution >= 0.6 is 11.6 Å². The first-order chi connectivity index (χ1) is 14.4. The first-order valence-electron chi connectivity index (χ1n) is 9.87. The summed E-state index contributed by atoms with van der Waals surface area (Å²) in [5, 5.41) is 3.16. The number of pyridine rings is 1. The lowest BCUT2D eigenvalue weighted by Gasteiger charge is -2.26. The Balaban J connectivity index is 1.75. The zero-order chi connectivity index (χ0) is 21.7. The zero-order valence-electron chi connectivity index (χ0n) is 17.2. The summed E-state index contributed by atoms with van der Waals surface area (Å²) in [6.45, 7) is 6.80. The van der Waals surface area contributed by atoms with Crippen LogP contribution in [0.15, 0.2) is 30.7 Å². The molecule has 1 saturated heterocycles. The van der Waals surface area contributed by atoms with Crippen LogP contribution in [0.1, 0.15) is 27.2 Å². The van der Waals surface area contributed by atoms with Gasteiger partial charge in [0.25, 0.3) is 0 Å². The SMILES string of the molecule is CCOc1cnc(N2C[C@H]([C@@H](C)CC)N(CC(=O)Nc3cc(Cl)ccn3)C2=O)nc1. The molecular formula is C20H25ClN6O3. The molecule has 0 radical (unpaired) electrons. The number of hydrogen-bond acceptors (Lipinski definition) is 6. The summed E-state index contributed by atoms with van der Waals surface area (Å²) >= 11 is 5.94. The van der Waals surface area contributed by atoms with Gasteiger partial charge in [0.15, 0.2) is 5.75 Å². The quantitative estimate of drug-likeness (QED) is 0.687. The molecular weight excluding hydrogens is 408 g/mol. The smallest absolute Gasteiger partial charge is 0.327 e. The van der Waals surface area contributed by atoms with Gasteiger partial charge in [0.1, 0.15) is 12.4 Å². The predicted octanol–water partition coefficient (Wildman–Crippen LogP) is 3.22. The molecule has 0 unspecified atom stereocenters. The van der Waals surface area contributed by atoms with Gasteiger partial charge in [-0.15, -0.1) is 0 Å². The molecule has 2 aromatic rings. The van der Waals surface area contributed by atoms with Crippen molar-refractivity contribution in [3.05, 3.63) is 35.7 Å². The summed E-state index contributed by atoms with van der Waals surface area (Å²) in [4.78, 5) is 41.3. The van der Waals surface area contributed by atoms with Gasteiger partial charge >= 0.3 is 6.03 Å². The predicted molar refractivity (Wildman–Crippen MR) is 114 cm³/mol. The summed E-state index contributed by atoms with van der Waals surface area (Å²) in [7, 11) is 0. The van der Waals surface area contributed by atoms with Crippen molar-refractivity contribution in [1.82, 2.24) is 19.9 Å². The van der Waals surface area contributed by atoms with E-state index in [0.29, 0.717) is 29.7 Å². The fourth-order valence-electron chi connectivity index (χ4n) is 3.27. The minimum Gasteiger partial charge on any atom is -0.491 e. The molecule has 1 N–H and O–H groups in total. The normalized spacial score (nSPS) is 17.2. The maximum atomic E-state index is 13.1. The molecule has 10 heteroatoms. The third-order valence-electron chi connectivity index (χ3n) is 5.02. The molecule has 30 heavy (non-hydrogen) atoms. The largest absolute Gasteiger partial charge is 0.491 e. The summed E-state index contributed by atoms with van der Waals surface area (Å²) < 4.78 is 5.36. The Morgan fingerprint density at radius 3 is 2.70 bits per heavy atom. The highest BCUT2D eigenvalue weighted by molar-refractivity contribution is 6.30. The average Bonchev–Trinajstić information content (AvgIpc) is 3.04. The number of anilines is 2. The van der Waals surface area contributed by atoms with Crippen LogP contribution in [0.5, 0.6) is 5.75 Å². The van der Waals surface area contributed by atoms with Crippen LogP contribution in [0.4, 0.5) is 16.6 Å². The number of amides is 3. The van der Waals surface area contributed by atoms with E-state index < -0.39 is 0 Å². The second-order valence-corrected chi connectivity index (χ2v) is 7.47. The third-order valence-corrected chi connectivity index (χ3v) is 5.25. The topological polar surface area (TPSA) is 101 Å². The third kappa shape index (κ3) is 4.96. The average molecular weight is 433 g/mol. The second-order valence-electron chi connectivity index (χ2n) is 7.03. The molecule has 160 valence electrons. The molecule has 3 amide bonds. The number of hydrogen-bond donors (Lipinski definition) is 1. The lowest BCUT2D eigenvalue weighted by Crippen LogP contribution is -2.43. The molecule has 3 heterocycles. The minimum atomic E-state index is -0.346. The van der Waals surface area contributed by atoms with E-state index in [-0.39, 0.29) is 36.4 Å². The van der Waals surface area contributed by atoms with E-state index >= 15 is 0 Å². The fourth-order valence-corrected chi connectivity index (χ4v) is 3.43. The number of nitrogens with zero attached hydrogens (tertiary/aromatic N) is 5. The summed E-state index contributed by atoms with van der Waals surface area (Å²) in [6, 6.07) is 2.72. The molecule has 0 bridgehead atoms. The van der Waals surface area contributed by atoms with Crippen molar-refractivity contribution in [3.63, 3.8) is 0 Å². The lowest BCUT2D eigenvalue weighted by atomic mass is 9.99. The Kier molecular flexibility index (Phi) is 7.04. The highest BCUT2D eigenvalue weighted by Gasteiger charge is 2.42. The van der Waals surface area contributed by atoms with Crippen LogP contribution < -0.4 is 15.0 Å². The lowest BCUT2D eigenvalue weighted by molar-refractivity contribution is -0.117. The number of carbonyl (C=O) groups is 2. The molecule has 2 aromatic heterocycles. The molecule has 1 aliphatic rings. The van der Waals surface area contributed by atoms with E-state index in [1.54, 1.807) is 17.0 Å². The van der Waals surface area contributed by atoms with E-state index in [1.165, 1.54) is 23.5 Å². The van der Waals surface area contributed by atoms with Crippen LogP contribution in [-0.4, -0.2) is 57.5 Å². The van der Waals surface area contributed by atoms with Gasteiger partial charge in [-0.05, 0) is 25.0 Å². The van der Waals surface area contributed by atoms with Gasteiger partial charge in [-0.25, -0.2) is 19.7 Å². The Bertz CT molecular complexity index is 894. The molecule has 0 saturated carbocycles. The molecule has 2 atom stereocenters. The van der Waals surface area contributed by atoms with Gasteiger partial charge in [-0.2, -0.15) is 0 Å². The van der Waals surface area contributed by atoms with Crippen LogP contribution in [0.25, 0.3) is 0 Å². The van der Waals surface area contributed by atoms with Crippen molar-refractivity contribution in [2.24, 2.45) is 5.92 Å². The highest BCUT2D eigenvalue weighted by atomic mass is 35.5. The van der Waals surface area contributed by atoms with Crippen LogP contribution in [0.3, 0.4) is 0 Å². The van der Waals surface area contributed by atoms with E-state index in [9.17, 15) is 9.59 Å². The first-order valence-corrected chi connectivity index (χ1v) is 10.2. The Labute approximate surface area is 180 Å². The van der Waals surface area contributed by atoms with Crippen LogP contribution in [-0.2, 0) is 4.79 Å². The van der Waals surface area contributed by atoms with Gasteiger partial charge in [0.05, 0.1) is 31.6 Å². The molecule has 0 aromatic carbocycles. The number of ether oxygens (including phenoxy) is 1. The Hall–Kier alpha value is -2.94. The number of carbonyl (C=O) groups excluding carboxylic acids is 2. The van der Waals surface area contributed by atoms with Crippen molar-refractivity contribution in [1.29, 1.82) is 0 Å². The van der Waals surface area contributed by atoms with Gasteiger partial charge < -0.3 is 15.0 Å². The number of aromatic nitrogens is 3. The maximum Gasteiger partial charge on any atom is 0.327 e. The van der Waals surface area contributed by atoms with Crippen molar-refractivity contribution < 1.29 is 14.3 Å². The van der Waals surface area contributed by atoms with Crippen molar-refractivity contribution in [2.75, 3.05) is 29.9 Å². The van der Waals surface area contributed by atoms with E-state index in [1.807, 2.05) is 6.92 Å². The summed E-state index contributed by atoms with van der Waals surface area (Å²) in [5.41, 5.74) is 0. The summed E-state index contributed by atoms with van der Waals surface area (Å²) in [5.74, 6) is 1.01. The van der Waals surface area contributed by atoms with Crippen molar-refractivity contribution in [2.45, 2.75) is 33.2 Å². The number of urea groups is 1. The van der Waals surface area contributed by atoms with Crippen LogP contribution in [0, 0.1) is 5.92 Å². The van der Waals surface area contributed by atoms with E-state index in [2.05, 4.69) is 34.1 Å². The van der Waals surface area contributed by atoms with Crippen molar-refractivity contribution in [3.8, 4) is 5.75 Å². The monoisotopic (exact) mass is 432 g/mol. The van der Waals surface area contributed by atoms with Crippen LogP contribution in [0.2, 0.25) is 5.02 Å². The number of halogens is 1. The molecule has 3 rings (SSSR count). The fraction of sp³-hybridized carbons (Fsp3) is 0.450. The van der Waals surface area contributed by atoms with Gasteiger partial charge in [0, 0.05) is 11.2 Å². The zero-order valence-corrected chi connectivity index (χ0v) is 18.0. The summed E-state index contributed by atoms with van der Waals surface area (Å²) in [6.07, 6.45) is 5.45. The molecule has 1 aliphatic heterocycles. The number of rotatable bonds is 8. The Morgan fingerprint density at radius 2 is 2.07 bits per heavy atom. The minimum absolute atomic E-state index is 0.102. The maximum absolute atomic E-state index is 13.1. The first kappa shape index (κ1) is 21.8. The van der Waals surface area contributed by atoms with E-state index in [0.717, 1.165) is 6.42 Å². The molecule has 1 fully saturated rings. The van der Waals surface area contributed by atoms with Crippen molar-refractivity contribution >= 4 is 35.3 Å². The van der Waals surface area contributed by atoms with E-state index in [4.69, 9.17) is 16.3 Å². The molecule has 0 spiro atoms. The second kappa shape index (κ2) is 9.71. The molecule has 9 nitrogen and oxygen atoms in total. The van der Waals surface area contributed by atoms with Gasteiger partial charge in [0.2, 0.25) is 11.9 Å². The molecule has 0 aliphatic carbocycles. The highest BCUT2D eigenvalue weighted by Crippen LogP contribution is 2.27. The Morgan fingerprint density at radius 1 is 1.33 bits per heavy atom. The van der Waals surface area contributed by atoms with Gasteiger partial charge in [-0.1, -0.05) is 31.9 Å². The standard InChI is InChI=1S/C20H25ClN6O3/c1-4-13(3)16-11-27(19-23-9-15(10-24-19)30-5-2)20(29)26(16)12-18(28)25-17-8-14(21)6-7-22-17/h6-10,13,16H,4-5,11-12H2,1-3H3,(H,22,25,28)/t13-,16+/m0/s1. The van der Waals surface area contributed by atoms with Gasteiger partial charge in [-0.3, -0.25) is 9.69 Å².